The summed E-state index contributed by atoms with van der Waals surface area (Å²) < 4.78 is 34.3. The smallest absolute Gasteiger partial charge is 0.220 e. The van der Waals surface area contributed by atoms with Gasteiger partial charge < -0.3 is 89.9 Å². The minimum Gasteiger partial charge on any atom is -0.394 e. The van der Waals surface area contributed by atoms with Crippen molar-refractivity contribution in [3.8, 4) is 0 Å². The van der Waals surface area contributed by atoms with Gasteiger partial charge in [-0.2, -0.15) is 0 Å². The maximum Gasteiger partial charge on any atom is 0.220 e. The van der Waals surface area contributed by atoms with Crippen LogP contribution < -0.4 is 5.32 Å². The quantitative estimate of drug-likeness (QED) is 0.0200. The predicted octanol–water partition coefficient (Wildman–Crippen LogP) is 8.88. The molecule has 0 bridgehead atoms. The monoisotopic (exact) mass is 1280 g/mol. The van der Waals surface area contributed by atoms with E-state index in [1.807, 2.05) is 0 Å². The van der Waals surface area contributed by atoms with Gasteiger partial charge in [-0.15, -0.1) is 0 Å². The number of hydrogen-bond donors (Lipinski definition) is 12. The summed E-state index contributed by atoms with van der Waals surface area (Å²) in [5.41, 5.74) is 0. The van der Waals surface area contributed by atoms with E-state index in [9.17, 15) is 61.0 Å². The van der Waals surface area contributed by atoms with Crippen LogP contribution in [0.3, 0.4) is 0 Å². The van der Waals surface area contributed by atoms with Crippen LogP contribution >= 0.6 is 0 Å². The van der Waals surface area contributed by atoms with Gasteiger partial charge in [-0.05, 0) is 77.0 Å². The number of rotatable bonds is 51. The lowest BCUT2D eigenvalue weighted by molar-refractivity contribution is -0.379. The average Bonchev–Trinajstić information content (AvgIpc) is 1.08. The molecule has 19 heteroatoms. The van der Waals surface area contributed by atoms with Crippen LogP contribution in [0.5, 0.6) is 0 Å². The summed E-state index contributed by atoms with van der Waals surface area (Å²) in [4.78, 5) is 13.4. The molecule has 0 aliphatic carbocycles. The van der Waals surface area contributed by atoms with Crippen LogP contribution in [-0.4, -0.2) is 193 Å². The molecule has 0 radical (unpaired) electrons. The number of amides is 1. The molecule has 12 N–H and O–H groups in total. The summed E-state index contributed by atoms with van der Waals surface area (Å²) in [6.45, 7) is 1.63. The summed E-state index contributed by atoms with van der Waals surface area (Å²) >= 11 is 0. The van der Waals surface area contributed by atoms with Crippen molar-refractivity contribution >= 4 is 5.91 Å². The Morgan fingerprint density at radius 1 is 0.411 bits per heavy atom. The van der Waals surface area contributed by atoms with E-state index < -0.39 is 124 Å². The molecule has 17 atom stereocenters. The van der Waals surface area contributed by atoms with Gasteiger partial charge in [-0.25, -0.2) is 0 Å². The molecule has 0 aromatic carbocycles. The van der Waals surface area contributed by atoms with Crippen LogP contribution in [0, 0.1) is 0 Å². The maximum absolute atomic E-state index is 13.4. The zero-order valence-electron chi connectivity index (χ0n) is 54.6. The number of carbonyl (C=O) groups excluding carboxylic acids is 1. The molecule has 1 amide bonds. The number of hydrogen-bond acceptors (Lipinski definition) is 18. The number of ether oxygens (including phenoxy) is 6. The predicted molar refractivity (Wildman–Crippen MR) is 351 cm³/mol. The number of aliphatic hydroxyl groups excluding tert-OH is 11. The molecule has 0 spiro atoms. The first-order chi connectivity index (χ1) is 43.8. The first kappa shape index (κ1) is 80.9. The number of nitrogens with one attached hydrogen (secondary N) is 1. The van der Waals surface area contributed by atoms with Gasteiger partial charge in [0, 0.05) is 6.42 Å². The third kappa shape index (κ3) is 33.7. The van der Waals surface area contributed by atoms with E-state index in [0.29, 0.717) is 12.8 Å². The molecule has 3 rings (SSSR count). The van der Waals surface area contributed by atoms with Gasteiger partial charge in [0.25, 0.3) is 0 Å². The van der Waals surface area contributed by atoms with Gasteiger partial charge in [0.2, 0.25) is 5.91 Å². The van der Waals surface area contributed by atoms with Crippen molar-refractivity contribution < 1.29 is 89.4 Å². The minimum atomic E-state index is -1.98. The van der Waals surface area contributed by atoms with Crippen LogP contribution in [0.4, 0.5) is 0 Å². The molecule has 3 heterocycles. The molecule has 0 aromatic heterocycles. The highest BCUT2D eigenvalue weighted by atomic mass is 16.8. The fourth-order valence-corrected chi connectivity index (χ4v) is 11.1. The van der Waals surface area contributed by atoms with Crippen molar-refractivity contribution in [1.29, 1.82) is 0 Å². The lowest BCUT2D eigenvalue weighted by atomic mass is 9.96. The van der Waals surface area contributed by atoms with Crippen molar-refractivity contribution in [3.63, 3.8) is 0 Å². The third-order valence-electron chi connectivity index (χ3n) is 16.7. The highest BCUT2D eigenvalue weighted by Crippen LogP contribution is 2.33. The van der Waals surface area contributed by atoms with E-state index in [1.165, 1.54) is 70.6 Å². The summed E-state index contributed by atoms with van der Waals surface area (Å²) in [5.74, 6) is -0.254. The molecule has 518 valence electrons. The summed E-state index contributed by atoms with van der Waals surface area (Å²) in [6.07, 6.45) is 40.8. The van der Waals surface area contributed by atoms with Gasteiger partial charge in [0.05, 0.1) is 38.6 Å². The lowest BCUT2D eigenvalue weighted by Gasteiger charge is -2.48. The average molecular weight is 1280 g/mol. The number of unbranched alkanes of at least 4 members (excludes halogenated alkanes) is 19. The number of aliphatic hydroxyl groups is 11. The maximum atomic E-state index is 13.4. The second kappa shape index (κ2) is 52.0. The third-order valence-corrected chi connectivity index (χ3v) is 16.7. The van der Waals surface area contributed by atoms with Gasteiger partial charge >= 0.3 is 0 Å². The van der Waals surface area contributed by atoms with Crippen molar-refractivity contribution in [3.05, 3.63) is 97.2 Å². The largest absolute Gasteiger partial charge is 0.394 e. The molecule has 3 fully saturated rings. The SMILES string of the molecule is CC/C=C\C/C=C\C/C=C\C/C=C\C/C=C\C/C=C\C/C=C\C/C=C\CCCCCCCCCCCCC(=O)NC(COC1OC(CO)C(OC2OC(CO)C(OC3OC(CO)C(O)C(O)C3O)C(O)C2O)C(O)C1O)C(O)CCCCCCCCCCCC. The van der Waals surface area contributed by atoms with Crippen LogP contribution in [0.1, 0.15) is 213 Å². The van der Waals surface area contributed by atoms with Gasteiger partial charge in [-0.3, -0.25) is 4.79 Å². The Bertz CT molecular complexity index is 2010. The zero-order chi connectivity index (χ0) is 65.4. The van der Waals surface area contributed by atoms with E-state index >= 15 is 0 Å². The number of allylic oxidation sites excluding steroid dienone is 16. The van der Waals surface area contributed by atoms with E-state index in [2.05, 4.69) is 116 Å². The normalized spacial score (nSPS) is 28.7. The number of carbonyl (C=O) groups is 1. The Kier molecular flexibility index (Phi) is 46.8. The first-order valence-electron chi connectivity index (χ1n) is 34.5. The highest BCUT2D eigenvalue weighted by molar-refractivity contribution is 5.76. The van der Waals surface area contributed by atoms with Gasteiger partial charge in [0.1, 0.15) is 73.2 Å². The Morgan fingerprint density at radius 2 is 0.767 bits per heavy atom. The lowest BCUT2D eigenvalue weighted by Crippen LogP contribution is -2.66. The van der Waals surface area contributed by atoms with E-state index in [4.69, 9.17) is 28.4 Å². The molecule has 3 aliphatic heterocycles. The second-order valence-electron chi connectivity index (χ2n) is 24.3. The molecule has 90 heavy (non-hydrogen) atoms. The Labute approximate surface area is 539 Å². The van der Waals surface area contributed by atoms with Gasteiger partial charge in [-0.1, -0.05) is 227 Å². The molecule has 3 saturated heterocycles. The highest BCUT2D eigenvalue weighted by Gasteiger charge is 2.53. The van der Waals surface area contributed by atoms with Crippen molar-refractivity contribution in [2.45, 2.75) is 317 Å². The zero-order valence-corrected chi connectivity index (χ0v) is 54.6. The van der Waals surface area contributed by atoms with Crippen molar-refractivity contribution in [1.82, 2.24) is 5.32 Å². The first-order valence-corrected chi connectivity index (χ1v) is 34.5. The molecule has 3 aliphatic rings. The second-order valence-corrected chi connectivity index (χ2v) is 24.3. The van der Waals surface area contributed by atoms with E-state index in [1.54, 1.807) is 0 Å². The molecule has 0 saturated carbocycles. The summed E-state index contributed by atoms with van der Waals surface area (Å²) in [5, 5.41) is 120. The minimum absolute atomic E-state index is 0.254. The summed E-state index contributed by atoms with van der Waals surface area (Å²) in [6, 6.07) is -0.894. The van der Waals surface area contributed by atoms with Crippen LogP contribution in [0.15, 0.2) is 97.2 Å². The Hall–Kier alpha value is -3.29. The molecular formula is C71H121NO18. The molecule has 17 unspecified atom stereocenters. The topological polar surface area (TPSA) is 307 Å². The van der Waals surface area contributed by atoms with E-state index in [0.717, 1.165) is 109 Å². The van der Waals surface area contributed by atoms with Crippen LogP contribution in [0.25, 0.3) is 0 Å². The van der Waals surface area contributed by atoms with Crippen molar-refractivity contribution in [2.75, 3.05) is 26.4 Å². The fourth-order valence-electron chi connectivity index (χ4n) is 11.1. The fraction of sp³-hybridized carbons (Fsp3) is 0.761. The standard InChI is InChI=1S/C71H121NO18/c1-3-5-7-9-11-13-15-16-17-18-19-20-21-22-23-24-25-26-27-28-29-30-31-32-33-34-35-36-37-38-39-41-43-45-47-49-59(77)72-54(55(76)48-46-44-42-40-14-12-10-8-6-4-2)53-85-69-65(83)62(80)67(57(51-74)87-69)90-71-66(84)63(81)68(58(52-75)88-71)89-70-64(82)61(79)60(78)56(50-73)86-70/h5,7,11,13,16-17,19-20,22-23,25-26,28-29,31-32,54-58,60-71,73-76,78-84H,3-4,6,8-10,12,14-15,18,21,24,27,30,33-53H2,1-2H3,(H,72,77)/b7-5-,13-11-,17-16-,20-19-,23-22-,26-25-,29-28-,32-31-. The Balaban J connectivity index is 1.34. The van der Waals surface area contributed by atoms with Crippen LogP contribution in [-0.2, 0) is 33.2 Å². The Morgan fingerprint density at radius 3 is 1.20 bits per heavy atom. The molecule has 19 nitrogen and oxygen atoms in total. The molecule has 0 aromatic rings. The van der Waals surface area contributed by atoms with Gasteiger partial charge in [0.15, 0.2) is 18.9 Å². The molecular weight excluding hydrogens is 1150 g/mol. The van der Waals surface area contributed by atoms with E-state index in [-0.39, 0.29) is 18.9 Å². The van der Waals surface area contributed by atoms with Crippen LogP contribution in [0.2, 0.25) is 0 Å². The van der Waals surface area contributed by atoms with Crippen molar-refractivity contribution in [2.24, 2.45) is 0 Å². The summed E-state index contributed by atoms with van der Waals surface area (Å²) in [7, 11) is 0.